The van der Waals surface area contributed by atoms with Crippen molar-refractivity contribution in [2.75, 3.05) is 24.6 Å². The number of nitrogen functional groups attached to an aromatic ring is 2. The van der Waals surface area contributed by atoms with Crippen molar-refractivity contribution in [3.63, 3.8) is 0 Å². The van der Waals surface area contributed by atoms with Crippen LogP contribution in [0.25, 0.3) is 0 Å². The van der Waals surface area contributed by atoms with Crippen molar-refractivity contribution in [1.82, 2.24) is 5.32 Å². The lowest BCUT2D eigenvalue weighted by atomic mass is 10.1. The van der Waals surface area contributed by atoms with E-state index in [9.17, 15) is 4.79 Å². The van der Waals surface area contributed by atoms with Crippen LogP contribution < -0.4 is 16.8 Å². The average Bonchev–Trinajstić information content (AvgIpc) is 2.18. The van der Waals surface area contributed by atoms with E-state index in [1.54, 1.807) is 12.1 Å². The molecule has 0 aliphatic carbocycles. The fraction of sp³-hybridized carbons (Fsp3) is 0.300. The zero-order valence-electron chi connectivity index (χ0n) is 7.99. The molecule has 1 aromatic rings. The molecular weight excluding hydrogens is 178 g/mol. The molecule has 0 saturated carbocycles. The summed E-state index contributed by atoms with van der Waals surface area (Å²) >= 11 is 0. The number of nitrogens with two attached hydrogens (primary N) is 2. The number of rotatable bonds is 5. The van der Waals surface area contributed by atoms with Crippen LogP contribution in [0.4, 0.5) is 11.4 Å². The van der Waals surface area contributed by atoms with E-state index in [-0.39, 0.29) is 0 Å². The number of hydrogen-bond donors (Lipinski definition) is 3. The molecule has 0 radical (unpaired) electrons. The van der Waals surface area contributed by atoms with Crippen molar-refractivity contribution in [3.8, 4) is 0 Å². The highest BCUT2D eigenvalue weighted by atomic mass is 16.1. The molecule has 76 valence electrons. The fourth-order valence-electron chi connectivity index (χ4n) is 1.23. The highest BCUT2D eigenvalue weighted by Gasteiger charge is 1.98. The molecule has 0 unspecified atom stereocenters. The molecule has 0 fully saturated rings. The topological polar surface area (TPSA) is 81.1 Å². The van der Waals surface area contributed by atoms with Crippen molar-refractivity contribution in [2.45, 2.75) is 6.42 Å². The normalized spacial score (nSPS) is 10.0. The molecule has 0 atom stereocenters. The van der Waals surface area contributed by atoms with Gasteiger partial charge in [0.05, 0.1) is 6.54 Å². The third kappa shape index (κ3) is 3.06. The maximum Gasteiger partial charge on any atom is 0.133 e. The van der Waals surface area contributed by atoms with Gasteiger partial charge in [-0.25, -0.2) is 0 Å². The van der Waals surface area contributed by atoms with E-state index in [0.29, 0.717) is 12.2 Å². The lowest BCUT2D eigenvalue weighted by Gasteiger charge is -2.06. The van der Waals surface area contributed by atoms with Gasteiger partial charge in [0, 0.05) is 11.4 Å². The summed E-state index contributed by atoms with van der Waals surface area (Å²) < 4.78 is 0. The third-order valence-corrected chi connectivity index (χ3v) is 1.97. The van der Waals surface area contributed by atoms with Crippen LogP contribution in [0.2, 0.25) is 0 Å². The van der Waals surface area contributed by atoms with Gasteiger partial charge in [0.2, 0.25) is 0 Å². The molecule has 0 aliphatic rings. The number of anilines is 2. The van der Waals surface area contributed by atoms with Crippen LogP contribution in [0, 0.1) is 0 Å². The Morgan fingerprint density at radius 1 is 1.36 bits per heavy atom. The Kier molecular flexibility index (Phi) is 3.94. The van der Waals surface area contributed by atoms with Crippen LogP contribution in [-0.2, 0) is 11.2 Å². The van der Waals surface area contributed by atoms with E-state index >= 15 is 0 Å². The van der Waals surface area contributed by atoms with E-state index in [4.69, 9.17) is 11.5 Å². The quantitative estimate of drug-likeness (QED) is 0.354. The first-order valence-electron chi connectivity index (χ1n) is 4.52. The molecule has 0 heterocycles. The Balaban J connectivity index is 2.49. The summed E-state index contributed by atoms with van der Waals surface area (Å²) in [6.07, 6.45) is 1.62. The largest absolute Gasteiger partial charge is 0.399 e. The van der Waals surface area contributed by atoms with Crippen LogP contribution in [0.5, 0.6) is 0 Å². The standard InChI is InChI=1S/C10H15N3O/c11-9-1-2-10(12)8(7-9)3-4-13-5-6-14/h1-2,6-7,13H,3-5,11-12H2. The number of benzene rings is 1. The van der Waals surface area contributed by atoms with E-state index in [0.717, 1.165) is 30.5 Å². The van der Waals surface area contributed by atoms with Crippen molar-refractivity contribution >= 4 is 17.7 Å². The molecule has 0 spiro atoms. The van der Waals surface area contributed by atoms with Gasteiger partial charge in [0.1, 0.15) is 6.29 Å². The molecule has 0 amide bonds. The zero-order valence-corrected chi connectivity index (χ0v) is 7.99. The Labute approximate surface area is 83.3 Å². The van der Waals surface area contributed by atoms with Crippen LogP contribution in [0.1, 0.15) is 5.56 Å². The number of aldehydes is 1. The van der Waals surface area contributed by atoms with Crippen molar-refractivity contribution in [1.29, 1.82) is 0 Å². The molecule has 0 aromatic heterocycles. The Morgan fingerprint density at radius 3 is 2.86 bits per heavy atom. The number of hydrogen-bond acceptors (Lipinski definition) is 4. The SMILES string of the molecule is Nc1ccc(N)c(CCNCC=O)c1. The Morgan fingerprint density at radius 2 is 2.14 bits per heavy atom. The molecule has 4 heteroatoms. The van der Waals surface area contributed by atoms with Gasteiger partial charge in [0.25, 0.3) is 0 Å². The summed E-state index contributed by atoms with van der Waals surface area (Å²) in [5.74, 6) is 0. The number of carbonyl (C=O) groups excluding carboxylic acids is 1. The number of nitrogens with one attached hydrogen (secondary N) is 1. The van der Waals surface area contributed by atoms with Gasteiger partial charge in [-0.2, -0.15) is 0 Å². The molecule has 0 saturated heterocycles. The van der Waals surface area contributed by atoms with Crippen molar-refractivity contribution in [3.05, 3.63) is 23.8 Å². The predicted molar refractivity (Wildman–Crippen MR) is 57.9 cm³/mol. The highest BCUT2D eigenvalue weighted by molar-refractivity contribution is 5.55. The molecule has 5 N–H and O–H groups in total. The van der Waals surface area contributed by atoms with Crippen molar-refractivity contribution < 1.29 is 4.79 Å². The van der Waals surface area contributed by atoms with E-state index < -0.39 is 0 Å². The Hall–Kier alpha value is -1.55. The minimum absolute atomic E-state index is 0.377. The second-order valence-corrected chi connectivity index (χ2v) is 3.08. The van der Waals surface area contributed by atoms with Crippen LogP contribution in [0.3, 0.4) is 0 Å². The van der Waals surface area contributed by atoms with Crippen LogP contribution >= 0.6 is 0 Å². The average molecular weight is 193 g/mol. The second-order valence-electron chi connectivity index (χ2n) is 3.08. The van der Waals surface area contributed by atoms with E-state index in [1.165, 1.54) is 0 Å². The third-order valence-electron chi connectivity index (χ3n) is 1.97. The summed E-state index contributed by atoms with van der Waals surface area (Å²) in [5, 5.41) is 2.97. The van der Waals surface area contributed by atoms with Crippen LogP contribution in [-0.4, -0.2) is 19.4 Å². The first-order valence-corrected chi connectivity index (χ1v) is 4.52. The summed E-state index contributed by atoms with van der Waals surface area (Å²) in [6.45, 7) is 1.11. The van der Waals surface area contributed by atoms with Gasteiger partial charge < -0.3 is 21.6 Å². The molecular formula is C10H15N3O. The molecule has 0 aliphatic heterocycles. The fourth-order valence-corrected chi connectivity index (χ4v) is 1.23. The zero-order chi connectivity index (χ0) is 10.4. The second kappa shape index (κ2) is 5.24. The van der Waals surface area contributed by atoms with E-state index in [1.807, 2.05) is 6.07 Å². The van der Waals surface area contributed by atoms with Crippen LogP contribution in [0.15, 0.2) is 18.2 Å². The summed E-state index contributed by atoms with van der Waals surface area (Å²) in [7, 11) is 0. The van der Waals surface area contributed by atoms with Gasteiger partial charge >= 0.3 is 0 Å². The minimum Gasteiger partial charge on any atom is -0.399 e. The lowest BCUT2D eigenvalue weighted by Crippen LogP contribution is -2.19. The number of carbonyl (C=O) groups is 1. The first-order chi connectivity index (χ1) is 6.74. The van der Waals surface area contributed by atoms with Gasteiger partial charge in [-0.1, -0.05) is 0 Å². The predicted octanol–water partition coefficient (Wildman–Crippen LogP) is 0.182. The molecule has 14 heavy (non-hydrogen) atoms. The van der Waals surface area contributed by atoms with Gasteiger partial charge in [-0.15, -0.1) is 0 Å². The molecule has 0 bridgehead atoms. The highest BCUT2D eigenvalue weighted by Crippen LogP contribution is 2.15. The summed E-state index contributed by atoms with van der Waals surface area (Å²) in [6, 6.07) is 5.43. The van der Waals surface area contributed by atoms with Crippen molar-refractivity contribution in [2.24, 2.45) is 0 Å². The molecule has 1 rings (SSSR count). The Bertz CT molecular complexity index is 312. The minimum atomic E-state index is 0.377. The van der Waals surface area contributed by atoms with Gasteiger partial charge in [-0.3, -0.25) is 0 Å². The smallest absolute Gasteiger partial charge is 0.133 e. The summed E-state index contributed by atoms with van der Waals surface area (Å²) in [4.78, 5) is 10.0. The monoisotopic (exact) mass is 193 g/mol. The molecule has 4 nitrogen and oxygen atoms in total. The van der Waals surface area contributed by atoms with E-state index in [2.05, 4.69) is 5.32 Å². The maximum atomic E-state index is 10.0. The van der Waals surface area contributed by atoms with Gasteiger partial charge in [0.15, 0.2) is 0 Å². The molecule has 1 aromatic carbocycles. The maximum absolute atomic E-state index is 10.0. The summed E-state index contributed by atoms with van der Waals surface area (Å²) in [5.41, 5.74) is 13.8. The first kappa shape index (κ1) is 10.5. The lowest BCUT2D eigenvalue weighted by molar-refractivity contribution is -0.107. The van der Waals surface area contributed by atoms with Gasteiger partial charge in [-0.05, 0) is 36.7 Å².